The van der Waals surface area contributed by atoms with Gasteiger partial charge in [-0.15, -0.1) is 0 Å². The van der Waals surface area contributed by atoms with Gasteiger partial charge in [0.15, 0.2) is 11.7 Å². The number of sulfonamides is 1. The van der Waals surface area contributed by atoms with Crippen LogP contribution in [0.4, 0.5) is 5.69 Å². The maximum Gasteiger partial charge on any atom is 0.309 e. The van der Waals surface area contributed by atoms with Crippen molar-refractivity contribution in [1.29, 1.82) is 0 Å². The molecular formula is C27H43N5O6S. The highest BCUT2D eigenvalue weighted by molar-refractivity contribution is 7.89. The number of rotatable bonds is 12. The third-order valence-corrected chi connectivity index (χ3v) is 8.95. The molecule has 1 aromatic carbocycles. The summed E-state index contributed by atoms with van der Waals surface area (Å²) >= 11 is 0. The number of Topliss-reactive ketones (excluding diaryl/α,β-unsaturated/α-hetero) is 1. The number of benzene rings is 1. The molecule has 11 nitrogen and oxygen atoms in total. The molecule has 0 saturated heterocycles. The molecule has 218 valence electrons. The number of anilines is 1. The fourth-order valence-electron chi connectivity index (χ4n) is 5.46. The number of nitrogens with two attached hydrogens (primary N) is 2. The molecule has 1 heterocycles. The number of fused-ring (bicyclic) bond motifs is 1. The number of aliphatic hydroxyl groups excluding tert-OH is 1. The normalized spacial score (nSPS) is 24.5. The number of aliphatic imine (C=N–C) groups is 1. The van der Waals surface area contributed by atoms with Crippen molar-refractivity contribution >= 4 is 33.4 Å². The van der Waals surface area contributed by atoms with Gasteiger partial charge in [-0.3, -0.25) is 14.6 Å². The summed E-state index contributed by atoms with van der Waals surface area (Å²) in [5.41, 5.74) is 12.3. The maximum atomic E-state index is 13.9. The summed E-state index contributed by atoms with van der Waals surface area (Å²) in [5, 5.41) is 12.8. The van der Waals surface area contributed by atoms with Crippen LogP contribution in [0.3, 0.4) is 0 Å². The standard InChI is InChI=1S/C27H43N5O6S/c1-16-9-10-20(21(13-16)26(35)38-15-18(3)33)25(34)22(7-5-11-30-27(28)29)32-39(36,37)23-8-4-6-19-12-17(2)14-31-24(19)23/h4,6,8,16-18,20-22,31-33H,5,7,9-15H2,1-3H3,(H4,28,29,30)/t16-,17?,18?,20?,21+,22+/m1/s1. The van der Waals surface area contributed by atoms with Gasteiger partial charge in [-0.05, 0) is 68.9 Å². The molecule has 1 fully saturated rings. The van der Waals surface area contributed by atoms with Crippen LogP contribution in [0.2, 0.25) is 0 Å². The highest BCUT2D eigenvalue weighted by atomic mass is 32.2. The Labute approximate surface area is 231 Å². The third-order valence-electron chi connectivity index (χ3n) is 7.43. The Morgan fingerprint density at radius 2 is 1.95 bits per heavy atom. The second-order valence-electron chi connectivity index (χ2n) is 11.1. The van der Waals surface area contributed by atoms with Gasteiger partial charge in [-0.1, -0.05) is 26.0 Å². The molecule has 2 aliphatic rings. The van der Waals surface area contributed by atoms with Crippen LogP contribution in [0.25, 0.3) is 0 Å². The number of hydrogen-bond donors (Lipinski definition) is 5. The van der Waals surface area contributed by atoms with Crippen molar-refractivity contribution in [2.75, 3.05) is 25.0 Å². The number of aliphatic hydroxyl groups is 1. The second kappa shape index (κ2) is 13.6. The van der Waals surface area contributed by atoms with E-state index in [4.69, 9.17) is 16.2 Å². The molecule has 6 atom stereocenters. The Morgan fingerprint density at radius 3 is 2.64 bits per heavy atom. The van der Waals surface area contributed by atoms with Crippen LogP contribution in [-0.4, -0.2) is 63.1 Å². The molecule has 1 aromatic rings. The fourth-order valence-corrected chi connectivity index (χ4v) is 6.92. The van der Waals surface area contributed by atoms with E-state index >= 15 is 0 Å². The monoisotopic (exact) mass is 565 g/mol. The lowest BCUT2D eigenvalue weighted by molar-refractivity contribution is -0.157. The topological polar surface area (TPSA) is 186 Å². The van der Waals surface area contributed by atoms with Crippen LogP contribution >= 0.6 is 0 Å². The number of esters is 1. The number of carbonyl (C=O) groups excluding carboxylic acids is 2. The van der Waals surface area contributed by atoms with E-state index in [1.54, 1.807) is 6.07 Å². The van der Waals surface area contributed by atoms with Crippen molar-refractivity contribution in [3.05, 3.63) is 23.8 Å². The van der Waals surface area contributed by atoms with Crippen molar-refractivity contribution in [1.82, 2.24) is 4.72 Å². The lowest BCUT2D eigenvalue weighted by atomic mass is 9.71. The van der Waals surface area contributed by atoms with Gasteiger partial charge in [-0.2, -0.15) is 0 Å². The zero-order valence-corrected chi connectivity index (χ0v) is 23.9. The number of ketones is 1. The van der Waals surface area contributed by atoms with Gasteiger partial charge >= 0.3 is 5.97 Å². The van der Waals surface area contributed by atoms with Crippen LogP contribution in [0, 0.1) is 23.7 Å². The molecule has 39 heavy (non-hydrogen) atoms. The minimum atomic E-state index is -4.09. The van der Waals surface area contributed by atoms with E-state index in [0.29, 0.717) is 37.4 Å². The number of nitrogens with zero attached hydrogens (tertiary/aromatic N) is 1. The Kier molecular flexibility index (Phi) is 10.7. The van der Waals surface area contributed by atoms with Crippen molar-refractivity contribution in [3.8, 4) is 0 Å². The van der Waals surface area contributed by atoms with E-state index in [2.05, 4.69) is 22.0 Å². The molecule has 0 radical (unpaired) electrons. The van der Waals surface area contributed by atoms with E-state index in [-0.39, 0.29) is 42.1 Å². The van der Waals surface area contributed by atoms with Crippen molar-refractivity contribution in [3.63, 3.8) is 0 Å². The lowest BCUT2D eigenvalue weighted by Gasteiger charge is -2.34. The molecule has 3 unspecified atom stereocenters. The quantitative estimate of drug-likeness (QED) is 0.108. The van der Waals surface area contributed by atoms with Crippen molar-refractivity contribution < 1.29 is 27.9 Å². The first-order valence-electron chi connectivity index (χ1n) is 13.7. The minimum absolute atomic E-state index is 0.0862. The first-order chi connectivity index (χ1) is 18.4. The summed E-state index contributed by atoms with van der Waals surface area (Å²) in [6.07, 6.45) is 2.09. The average molecular weight is 566 g/mol. The summed E-state index contributed by atoms with van der Waals surface area (Å²) < 4.78 is 35.3. The van der Waals surface area contributed by atoms with Crippen LogP contribution in [0.5, 0.6) is 0 Å². The summed E-state index contributed by atoms with van der Waals surface area (Å²) in [6.45, 7) is 6.33. The molecular weight excluding hydrogens is 522 g/mol. The Hall–Kier alpha value is -2.70. The molecule has 1 aliphatic carbocycles. The molecule has 0 aromatic heterocycles. The van der Waals surface area contributed by atoms with E-state index < -0.39 is 40.0 Å². The Bertz CT molecular complexity index is 1150. The maximum absolute atomic E-state index is 13.9. The summed E-state index contributed by atoms with van der Waals surface area (Å²) in [7, 11) is -4.09. The van der Waals surface area contributed by atoms with Crippen LogP contribution in [-0.2, 0) is 30.8 Å². The molecule has 12 heteroatoms. The van der Waals surface area contributed by atoms with E-state index in [1.165, 1.54) is 13.0 Å². The molecule has 0 spiro atoms. The predicted octanol–water partition coefficient (Wildman–Crippen LogP) is 1.54. The van der Waals surface area contributed by atoms with Gasteiger partial charge in [0.25, 0.3) is 0 Å². The molecule has 1 aliphatic heterocycles. The van der Waals surface area contributed by atoms with Gasteiger partial charge in [-0.25, -0.2) is 13.1 Å². The number of para-hydroxylation sites is 1. The van der Waals surface area contributed by atoms with Gasteiger partial charge < -0.3 is 26.6 Å². The fraction of sp³-hybridized carbons (Fsp3) is 0.667. The van der Waals surface area contributed by atoms with Crippen LogP contribution in [0.15, 0.2) is 28.1 Å². The lowest BCUT2D eigenvalue weighted by Crippen LogP contribution is -2.48. The summed E-state index contributed by atoms with van der Waals surface area (Å²) in [5.74, 6) is -1.82. The molecule has 3 rings (SSSR count). The predicted molar refractivity (Wildman–Crippen MR) is 149 cm³/mol. The Balaban J connectivity index is 1.88. The molecule has 1 saturated carbocycles. The van der Waals surface area contributed by atoms with Crippen LogP contribution in [0.1, 0.15) is 58.4 Å². The van der Waals surface area contributed by atoms with E-state index in [9.17, 15) is 23.1 Å². The summed E-state index contributed by atoms with van der Waals surface area (Å²) in [4.78, 5) is 30.9. The minimum Gasteiger partial charge on any atom is -0.463 e. The second-order valence-corrected chi connectivity index (χ2v) is 12.8. The Morgan fingerprint density at radius 1 is 1.21 bits per heavy atom. The zero-order chi connectivity index (χ0) is 28.7. The number of ether oxygens (including phenoxy) is 1. The van der Waals surface area contributed by atoms with E-state index in [1.807, 2.05) is 13.0 Å². The number of guanidine groups is 1. The number of nitrogens with one attached hydrogen (secondary N) is 2. The number of carbonyl (C=O) groups is 2. The smallest absolute Gasteiger partial charge is 0.309 e. The van der Waals surface area contributed by atoms with Gasteiger partial charge in [0.2, 0.25) is 10.0 Å². The van der Waals surface area contributed by atoms with E-state index in [0.717, 1.165) is 18.4 Å². The van der Waals surface area contributed by atoms with Gasteiger partial charge in [0.05, 0.1) is 23.8 Å². The third kappa shape index (κ3) is 8.39. The first kappa shape index (κ1) is 30.8. The largest absolute Gasteiger partial charge is 0.463 e. The molecule has 7 N–H and O–H groups in total. The SMILES string of the molecule is CC(O)COC(=O)[C@H]1C[C@H](C)CCC1C(=O)[C@H](CCCN=C(N)N)NS(=O)(=O)c1cccc2c1NCC(C)C2. The van der Waals surface area contributed by atoms with Crippen molar-refractivity contribution in [2.24, 2.45) is 40.1 Å². The van der Waals surface area contributed by atoms with Gasteiger partial charge in [0, 0.05) is 19.0 Å². The first-order valence-corrected chi connectivity index (χ1v) is 15.2. The molecule has 0 bridgehead atoms. The van der Waals surface area contributed by atoms with Gasteiger partial charge in [0.1, 0.15) is 11.5 Å². The highest BCUT2D eigenvalue weighted by Gasteiger charge is 2.42. The highest BCUT2D eigenvalue weighted by Crippen LogP contribution is 2.37. The van der Waals surface area contributed by atoms with Crippen LogP contribution < -0.4 is 21.5 Å². The zero-order valence-electron chi connectivity index (χ0n) is 23.1. The number of hydrogen-bond acceptors (Lipinski definition) is 8. The summed E-state index contributed by atoms with van der Waals surface area (Å²) in [6, 6.07) is 4.07. The van der Waals surface area contributed by atoms with Crippen molar-refractivity contribution in [2.45, 2.75) is 76.3 Å². The molecule has 0 amide bonds. The average Bonchev–Trinajstić information content (AvgIpc) is 2.87.